The zero-order valence-electron chi connectivity index (χ0n) is 30.1. The first-order valence-electron chi connectivity index (χ1n) is 19.6. The van der Waals surface area contributed by atoms with E-state index in [4.69, 9.17) is 4.74 Å². The highest BCUT2D eigenvalue weighted by Gasteiger charge is 2.38. The van der Waals surface area contributed by atoms with Gasteiger partial charge in [0.15, 0.2) is 0 Å². The van der Waals surface area contributed by atoms with Gasteiger partial charge in [-0.3, -0.25) is 0 Å². The van der Waals surface area contributed by atoms with Gasteiger partial charge >= 0.3 is 0 Å². The number of likely N-dealkylation sites (tertiary alicyclic amines) is 2. The minimum atomic E-state index is 0.0854. The molecule has 0 spiro atoms. The Kier molecular flexibility index (Phi) is 12.7. The number of piperidine rings is 2. The molecule has 2 aliphatic carbocycles. The molecular weight excluding hydrogens is 576 g/mol. The summed E-state index contributed by atoms with van der Waals surface area (Å²) in [6.45, 7) is 18.0. The van der Waals surface area contributed by atoms with E-state index in [2.05, 4.69) is 88.6 Å². The maximum absolute atomic E-state index is 6.92. The lowest BCUT2D eigenvalue weighted by Crippen LogP contribution is -2.45. The van der Waals surface area contributed by atoms with Crippen LogP contribution in [0.5, 0.6) is 0 Å². The number of hydrogen-bond donors (Lipinski definition) is 0. The van der Waals surface area contributed by atoms with Crippen LogP contribution in [0, 0.1) is 6.92 Å². The smallest absolute Gasteiger partial charge is 0.109 e. The van der Waals surface area contributed by atoms with Crippen molar-refractivity contribution in [2.45, 2.75) is 122 Å². The Hall–Kier alpha value is -2.34. The van der Waals surface area contributed by atoms with E-state index in [0.717, 1.165) is 45.8 Å². The highest BCUT2D eigenvalue weighted by molar-refractivity contribution is 5.87. The van der Waals surface area contributed by atoms with Crippen molar-refractivity contribution in [3.8, 4) is 0 Å². The van der Waals surface area contributed by atoms with E-state index < -0.39 is 0 Å². The molecule has 47 heavy (non-hydrogen) atoms. The van der Waals surface area contributed by atoms with Gasteiger partial charge in [-0.05, 0) is 107 Å². The van der Waals surface area contributed by atoms with Gasteiger partial charge in [0.25, 0.3) is 0 Å². The lowest BCUT2D eigenvalue weighted by atomic mass is 9.81. The summed E-state index contributed by atoms with van der Waals surface area (Å²) in [4.78, 5) is 8.14. The number of unbranched alkanes of at least 4 members (excludes halogenated alkanes) is 2. The van der Waals surface area contributed by atoms with E-state index >= 15 is 0 Å². The van der Waals surface area contributed by atoms with Crippen LogP contribution in [0.4, 0.5) is 0 Å². The van der Waals surface area contributed by atoms with E-state index in [0.29, 0.717) is 5.92 Å². The standard InChI is InChI=1S/C37H52N4O.C5H12/c1-29-16-17-31-34(28-29)41-26-27-42-37-32(36(41)35(31)30-12-5-2-6-13-30)14-11-15-33(37)40(24-22-38-18-7-3-8-19-38)25-23-39-20-9-4-10-21-39;1-3-5-4-2/h2,5,11,14-17,28,30,32,37H,3-4,6-10,12-13,18-27H2,1H3;3-5H2,1-2H3. The van der Waals surface area contributed by atoms with Crippen LogP contribution in [-0.4, -0.2) is 84.3 Å². The first-order chi connectivity index (χ1) is 23.2. The van der Waals surface area contributed by atoms with Crippen molar-refractivity contribution in [3.63, 3.8) is 0 Å². The number of rotatable bonds is 10. The summed E-state index contributed by atoms with van der Waals surface area (Å²) < 4.78 is 9.58. The van der Waals surface area contributed by atoms with Crippen LogP contribution in [0.15, 0.2) is 54.3 Å². The fourth-order valence-electron chi connectivity index (χ4n) is 8.84. The van der Waals surface area contributed by atoms with Crippen molar-refractivity contribution >= 4 is 10.9 Å². The first kappa shape index (κ1) is 34.5. The van der Waals surface area contributed by atoms with Crippen LogP contribution < -0.4 is 0 Å². The van der Waals surface area contributed by atoms with Gasteiger partial charge in [0.05, 0.1) is 6.61 Å². The van der Waals surface area contributed by atoms with Crippen LogP contribution in [0.1, 0.15) is 120 Å². The van der Waals surface area contributed by atoms with Gasteiger partial charge in [0.2, 0.25) is 0 Å². The van der Waals surface area contributed by atoms with Gasteiger partial charge < -0.3 is 24.0 Å². The second-order valence-electron chi connectivity index (χ2n) is 14.9. The Morgan fingerprint density at radius 3 is 2.17 bits per heavy atom. The molecule has 2 fully saturated rings. The lowest BCUT2D eigenvalue weighted by Gasteiger charge is -2.39. The number of hydrogen-bond acceptors (Lipinski definition) is 4. The highest BCUT2D eigenvalue weighted by Crippen LogP contribution is 2.46. The van der Waals surface area contributed by atoms with Gasteiger partial charge in [0.1, 0.15) is 6.10 Å². The first-order valence-corrected chi connectivity index (χ1v) is 19.6. The summed E-state index contributed by atoms with van der Waals surface area (Å²) in [6, 6.07) is 7.17. The lowest BCUT2D eigenvalue weighted by molar-refractivity contribution is 0.0469. The molecule has 2 saturated heterocycles. The molecule has 3 atom stereocenters. The van der Waals surface area contributed by atoms with E-state index in [9.17, 15) is 0 Å². The molecule has 258 valence electrons. The van der Waals surface area contributed by atoms with Crippen molar-refractivity contribution in [1.82, 2.24) is 19.3 Å². The fourth-order valence-corrected chi connectivity index (χ4v) is 8.84. The number of aryl methyl sites for hydroxylation is 1. The predicted octanol–water partition coefficient (Wildman–Crippen LogP) is 9.18. The minimum absolute atomic E-state index is 0.0854. The van der Waals surface area contributed by atoms with Crippen LogP contribution >= 0.6 is 0 Å². The molecular formula is C42H64N4O. The van der Waals surface area contributed by atoms with Crippen LogP contribution in [-0.2, 0) is 11.3 Å². The molecule has 5 heteroatoms. The Labute approximate surface area is 286 Å². The zero-order valence-corrected chi connectivity index (χ0v) is 30.1. The number of benzene rings is 1. The molecule has 7 rings (SSSR count). The van der Waals surface area contributed by atoms with Gasteiger partial charge in [0, 0.05) is 60.9 Å². The molecule has 5 nitrogen and oxygen atoms in total. The number of ether oxygens (including phenoxy) is 1. The Morgan fingerprint density at radius 2 is 1.55 bits per heavy atom. The molecule has 4 heterocycles. The third-order valence-corrected chi connectivity index (χ3v) is 11.5. The summed E-state index contributed by atoms with van der Waals surface area (Å²) in [5.41, 5.74) is 7.32. The molecule has 3 unspecified atom stereocenters. The topological polar surface area (TPSA) is 23.9 Å². The minimum Gasteiger partial charge on any atom is -0.370 e. The van der Waals surface area contributed by atoms with Gasteiger partial charge in [-0.25, -0.2) is 0 Å². The molecule has 0 saturated carbocycles. The van der Waals surface area contributed by atoms with Crippen LogP contribution in [0.25, 0.3) is 10.9 Å². The maximum Gasteiger partial charge on any atom is 0.109 e. The molecule has 1 aromatic heterocycles. The number of nitrogens with zero attached hydrogens (tertiary/aromatic N) is 4. The Balaban J connectivity index is 0.000000720. The number of fused-ring (bicyclic) bond motifs is 5. The number of allylic oxidation sites excluding steroid dienone is 4. The molecule has 2 aromatic rings. The average molecular weight is 641 g/mol. The normalized spacial score (nSPS) is 25.0. The fraction of sp³-hybridized carbons (Fsp3) is 0.667. The highest BCUT2D eigenvalue weighted by atomic mass is 16.5. The monoisotopic (exact) mass is 641 g/mol. The molecule has 0 N–H and O–H groups in total. The van der Waals surface area contributed by atoms with Crippen LogP contribution in [0.2, 0.25) is 0 Å². The van der Waals surface area contributed by atoms with E-state index in [1.54, 1.807) is 5.56 Å². The predicted molar refractivity (Wildman–Crippen MR) is 199 cm³/mol. The Bertz CT molecular complexity index is 1330. The largest absolute Gasteiger partial charge is 0.370 e. The SMILES string of the molecule is CCCCC.Cc1ccc2c(C3CC=CCC3)c3n(c2c1)CCOC1C(N(CCN2CCCCC2)CCN2CCCCC2)=CC=CC31. The average Bonchev–Trinajstić information content (AvgIpc) is 3.30. The Morgan fingerprint density at radius 1 is 0.851 bits per heavy atom. The molecule has 1 aromatic carbocycles. The van der Waals surface area contributed by atoms with Crippen LogP contribution in [0.3, 0.4) is 0 Å². The molecule has 3 aliphatic heterocycles. The van der Waals surface area contributed by atoms with Gasteiger partial charge in [-0.2, -0.15) is 0 Å². The quantitative estimate of drug-likeness (QED) is 0.242. The second kappa shape index (κ2) is 17.4. The summed E-state index contributed by atoms with van der Waals surface area (Å²) in [7, 11) is 0. The summed E-state index contributed by atoms with van der Waals surface area (Å²) in [5.74, 6) is 0.848. The second-order valence-corrected chi connectivity index (χ2v) is 14.9. The van der Waals surface area contributed by atoms with E-state index in [-0.39, 0.29) is 12.0 Å². The van der Waals surface area contributed by atoms with Crippen molar-refractivity contribution in [2.24, 2.45) is 0 Å². The molecule has 5 aliphatic rings. The van der Waals surface area contributed by atoms with Crippen molar-refractivity contribution in [1.29, 1.82) is 0 Å². The maximum atomic E-state index is 6.92. The zero-order chi connectivity index (χ0) is 32.4. The summed E-state index contributed by atoms with van der Waals surface area (Å²) in [5, 5.41) is 1.48. The molecule has 0 radical (unpaired) electrons. The summed E-state index contributed by atoms with van der Waals surface area (Å²) in [6.07, 6.45) is 28.0. The van der Waals surface area contributed by atoms with Crippen molar-refractivity contribution < 1.29 is 4.74 Å². The van der Waals surface area contributed by atoms with E-state index in [1.807, 2.05) is 0 Å². The van der Waals surface area contributed by atoms with Gasteiger partial charge in [-0.15, -0.1) is 0 Å². The number of aromatic nitrogens is 1. The van der Waals surface area contributed by atoms with Gasteiger partial charge in [-0.1, -0.05) is 82.4 Å². The third kappa shape index (κ3) is 8.46. The van der Waals surface area contributed by atoms with Crippen molar-refractivity contribution in [3.05, 3.63) is 71.1 Å². The molecule has 0 bridgehead atoms. The van der Waals surface area contributed by atoms with Crippen molar-refractivity contribution in [2.75, 3.05) is 59.0 Å². The summed E-state index contributed by atoms with van der Waals surface area (Å²) >= 11 is 0. The third-order valence-electron chi connectivity index (χ3n) is 11.5. The van der Waals surface area contributed by atoms with E-state index in [1.165, 1.54) is 125 Å². The molecule has 0 amide bonds.